The second-order valence-corrected chi connectivity index (χ2v) is 8.59. The van der Waals surface area contributed by atoms with Gasteiger partial charge in [0.05, 0.1) is 36.6 Å². The van der Waals surface area contributed by atoms with Crippen LogP contribution in [-0.2, 0) is 0 Å². The molecule has 3 N–H and O–H groups in total. The second-order valence-electron chi connectivity index (χ2n) is 7.34. The first-order valence-corrected chi connectivity index (χ1v) is 10.6. The number of halogens is 5. The fraction of sp³-hybridized carbons (Fsp3) is 0.190. The minimum absolute atomic E-state index is 0. The number of rotatable bonds is 6. The van der Waals surface area contributed by atoms with Crippen LogP contribution in [0.25, 0.3) is 0 Å². The van der Waals surface area contributed by atoms with Gasteiger partial charge in [-0.3, -0.25) is 4.79 Å². The van der Waals surface area contributed by atoms with E-state index >= 15 is 0 Å². The number of anilines is 3. The molecule has 0 atom stereocenters. The molecule has 1 aliphatic heterocycles. The normalized spacial score (nSPS) is 14.2. The van der Waals surface area contributed by atoms with E-state index in [9.17, 15) is 23.1 Å². The van der Waals surface area contributed by atoms with E-state index in [0.29, 0.717) is 9.52 Å². The van der Waals surface area contributed by atoms with Gasteiger partial charge in [-0.05, 0) is 59.0 Å². The molecule has 2 heterocycles. The van der Waals surface area contributed by atoms with Gasteiger partial charge in [-0.2, -0.15) is 0 Å². The van der Waals surface area contributed by atoms with E-state index in [0.717, 1.165) is 12.1 Å². The molecule has 4 rings (SSSR count). The van der Waals surface area contributed by atoms with Crippen LogP contribution in [0.2, 0.25) is 0 Å². The number of nitrogens with one attached hydrogen (secondary N) is 2. The summed E-state index contributed by atoms with van der Waals surface area (Å²) >= 11 is 1.92. The number of hydrogen-bond acceptors (Lipinski definition) is 6. The molecule has 0 radical (unpaired) electrons. The third kappa shape index (κ3) is 5.47. The molecule has 0 unspecified atom stereocenters. The summed E-state index contributed by atoms with van der Waals surface area (Å²) in [5.74, 6) is -3.45. The van der Waals surface area contributed by atoms with Gasteiger partial charge in [0.2, 0.25) is 5.95 Å². The Morgan fingerprint density at radius 1 is 1.12 bits per heavy atom. The molecule has 33 heavy (non-hydrogen) atoms. The highest BCUT2D eigenvalue weighted by atomic mass is 127. The predicted octanol–water partition coefficient (Wildman–Crippen LogP) is 3.96. The summed E-state index contributed by atoms with van der Waals surface area (Å²) in [6.07, 6.45) is 3.09. The van der Waals surface area contributed by atoms with E-state index in [1.165, 1.54) is 17.0 Å². The van der Waals surface area contributed by atoms with E-state index in [1.54, 1.807) is 24.5 Å². The number of β-amino-alcohol motifs (C(OH)–C–C–N with tert-alkyl or cyclic N) is 1. The van der Waals surface area contributed by atoms with Gasteiger partial charge >= 0.3 is 0 Å². The average molecular weight is 592 g/mol. The minimum Gasteiger partial charge on any atom is -0.384 e. The Balaban J connectivity index is 0.00000306. The van der Waals surface area contributed by atoms with Crippen LogP contribution in [0.1, 0.15) is 10.4 Å². The molecule has 174 valence electrons. The number of likely N-dealkylation sites (tertiary alicyclic amines) is 1. The third-order valence-electron chi connectivity index (χ3n) is 4.91. The molecule has 1 aromatic heterocycles. The fourth-order valence-corrected chi connectivity index (χ4v) is 3.75. The summed E-state index contributed by atoms with van der Waals surface area (Å²) in [5, 5.41) is 16.0. The standard InChI is InChI=1S/C21H17F3IN5O2.ClH/c22-14-4-3-13(18(17(14)24)29-16-5-2-12(25)8-15(16)23)19(31)30-10-21(32,11-30)9-28-20-26-6-1-7-27-20;/h1-8,29,32H,9-11H2,(H,26,27,28);1H. The summed E-state index contributed by atoms with van der Waals surface area (Å²) in [6, 6.07) is 7.79. The Bertz CT molecular complexity index is 1170. The van der Waals surface area contributed by atoms with E-state index < -0.39 is 34.6 Å². The maximum Gasteiger partial charge on any atom is 0.256 e. The van der Waals surface area contributed by atoms with Gasteiger partial charge in [-0.1, -0.05) is 0 Å². The Kier molecular flexibility index (Phi) is 7.65. The lowest BCUT2D eigenvalue weighted by Crippen LogP contribution is -2.66. The highest BCUT2D eigenvalue weighted by Gasteiger charge is 2.44. The molecule has 0 saturated carbocycles. The van der Waals surface area contributed by atoms with Crippen molar-refractivity contribution in [2.75, 3.05) is 30.3 Å². The first kappa shape index (κ1) is 25.0. The van der Waals surface area contributed by atoms with Crippen LogP contribution in [0.15, 0.2) is 48.8 Å². The van der Waals surface area contributed by atoms with Gasteiger partial charge in [-0.15, -0.1) is 12.4 Å². The summed E-state index contributed by atoms with van der Waals surface area (Å²) in [6.45, 7) is 0.0154. The molecule has 0 aliphatic carbocycles. The number of carbonyl (C=O) groups is 1. The molecule has 1 amide bonds. The Labute approximate surface area is 207 Å². The van der Waals surface area contributed by atoms with Gasteiger partial charge in [0, 0.05) is 16.0 Å². The van der Waals surface area contributed by atoms with Crippen molar-refractivity contribution in [1.29, 1.82) is 0 Å². The Morgan fingerprint density at radius 3 is 2.48 bits per heavy atom. The van der Waals surface area contributed by atoms with E-state index in [-0.39, 0.29) is 43.3 Å². The number of aliphatic hydroxyl groups is 1. The zero-order chi connectivity index (χ0) is 22.9. The number of aromatic nitrogens is 2. The predicted molar refractivity (Wildman–Crippen MR) is 127 cm³/mol. The second kappa shape index (κ2) is 10.1. The molecule has 2 aromatic carbocycles. The lowest BCUT2D eigenvalue weighted by Gasteiger charge is -2.46. The zero-order valence-corrected chi connectivity index (χ0v) is 19.8. The number of carbonyl (C=O) groups excluding carboxylic acids is 1. The molecule has 3 aromatic rings. The van der Waals surface area contributed by atoms with Crippen LogP contribution >= 0.6 is 35.0 Å². The molecule has 0 bridgehead atoms. The van der Waals surface area contributed by atoms with Crippen LogP contribution < -0.4 is 10.6 Å². The molecule has 12 heteroatoms. The monoisotopic (exact) mass is 591 g/mol. The van der Waals surface area contributed by atoms with Crippen molar-refractivity contribution in [3.8, 4) is 0 Å². The van der Waals surface area contributed by atoms with Gasteiger partial charge < -0.3 is 20.6 Å². The van der Waals surface area contributed by atoms with E-state index in [4.69, 9.17) is 0 Å². The number of benzene rings is 2. The maximum atomic E-state index is 14.6. The molecular formula is C21H18ClF3IN5O2. The van der Waals surface area contributed by atoms with Crippen LogP contribution in [0.3, 0.4) is 0 Å². The first-order chi connectivity index (χ1) is 15.3. The molecule has 1 fully saturated rings. The van der Waals surface area contributed by atoms with Crippen LogP contribution in [0.5, 0.6) is 0 Å². The van der Waals surface area contributed by atoms with Crippen molar-refractivity contribution < 1.29 is 23.1 Å². The topological polar surface area (TPSA) is 90.4 Å². The lowest BCUT2D eigenvalue weighted by atomic mass is 9.93. The number of nitrogens with zero attached hydrogens (tertiary/aromatic N) is 3. The van der Waals surface area contributed by atoms with Crippen LogP contribution in [-0.4, -0.2) is 51.1 Å². The highest BCUT2D eigenvalue weighted by Crippen LogP contribution is 2.31. The van der Waals surface area contributed by atoms with Crippen molar-refractivity contribution in [2.45, 2.75) is 5.60 Å². The lowest BCUT2D eigenvalue weighted by molar-refractivity contribution is -0.0707. The quantitative estimate of drug-likeness (QED) is 0.376. The molecule has 1 saturated heterocycles. The van der Waals surface area contributed by atoms with Gasteiger partial charge in [0.25, 0.3) is 5.91 Å². The summed E-state index contributed by atoms with van der Waals surface area (Å²) in [4.78, 5) is 22.2. The summed E-state index contributed by atoms with van der Waals surface area (Å²) < 4.78 is 43.3. The SMILES string of the molecule is Cl.O=C(c1ccc(F)c(F)c1Nc1ccc(I)cc1F)N1CC(O)(CNc2ncccn2)C1. The largest absolute Gasteiger partial charge is 0.384 e. The third-order valence-corrected chi connectivity index (χ3v) is 5.59. The molecular weight excluding hydrogens is 574 g/mol. The Morgan fingerprint density at radius 2 is 1.82 bits per heavy atom. The van der Waals surface area contributed by atoms with Crippen molar-refractivity contribution in [1.82, 2.24) is 14.9 Å². The van der Waals surface area contributed by atoms with Crippen molar-refractivity contribution in [3.63, 3.8) is 0 Å². The summed E-state index contributed by atoms with van der Waals surface area (Å²) in [7, 11) is 0. The van der Waals surface area contributed by atoms with Crippen LogP contribution in [0, 0.1) is 21.0 Å². The fourth-order valence-electron chi connectivity index (χ4n) is 3.30. The van der Waals surface area contributed by atoms with E-state index in [1.807, 2.05) is 22.6 Å². The molecule has 7 nitrogen and oxygen atoms in total. The number of hydrogen-bond donors (Lipinski definition) is 3. The first-order valence-electron chi connectivity index (χ1n) is 9.48. The van der Waals surface area contributed by atoms with Crippen molar-refractivity contribution in [2.24, 2.45) is 0 Å². The average Bonchev–Trinajstić information content (AvgIpc) is 2.75. The van der Waals surface area contributed by atoms with Gasteiger partial charge in [0.15, 0.2) is 11.6 Å². The highest BCUT2D eigenvalue weighted by molar-refractivity contribution is 14.1. The summed E-state index contributed by atoms with van der Waals surface area (Å²) in [5.41, 5.74) is -1.98. The van der Waals surface area contributed by atoms with Gasteiger partial charge in [0.1, 0.15) is 11.4 Å². The minimum atomic E-state index is -1.30. The van der Waals surface area contributed by atoms with Crippen molar-refractivity contribution >= 4 is 58.2 Å². The zero-order valence-electron chi connectivity index (χ0n) is 16.9. The smallest absolute Gasteiger partial charge is 0.256 e. The van der Waals surface area contributed by atoms with Crippen molar-refractivity contribution in [3.05, 3.63) is 75.4 Å². The molecule has 0 spiro atoms. The maximum absolute atomic E-state index is 14.6. The number of amides is 1. The van der Waals surface area contributed by atoms with Crippen LogP contribution in [0.4, 0.5) is 30.5 Å². The van der Waals surface area contributed by atoms with Gasteiger partial charge in [-0.25, -0.2) is 23.1 Å². The Hall–Kier alpha value is -2.64. The molecule has 1 aliphatic rings. The van der Waals surface area contributed by atoms with E-state index in [2.05, 4.69) is 20.6 Å².